The zero-order valence-electron chi connectivity index (χ0n) is 19.3. The highest BCUT2D eigenvalue weighted by molar-refractivity contribution is 6.31. The molecule has 5 nitrogen and oxygen atoms in total. The van der Waals surface area contributed by atoms with Crippen molar-refractivity contribution < 1.29 is 14.4 Å². The Kier molecular flexibility index (Phi) is 5.14. The second-order valence-electron chi connectivity index (χ2n) is 9.91. The molecule has 0 bridgehead atoms. The minimum absolute atomic E-state index is 0.0678. The Morgan fingerprint density at radius 1 is 0.941 bits per heavy atom. The van der Waals surface area contributed by atoms with Crippen LogP contribution in [0.2, 0.25) is 5.02 Å². The molecular weight excluding hydrogens is 448 g/mol. The lowest BCUT2D eigenvalue weighted by molar-refractivity contribution is -0.129. The molecule has 0 radical (unpaired) electrons. The summed E-state index contributed by atoms with van der Waals surface area (Å²) in [5.74, 6) is -1.88. The zero-order valence-corrected chi connectivity index (χ0v) is 20.0. The molecule has 0 spiro atoms. The first kappa shape index (κ1) is 22.4. The van der Waals surface area contributed by atoms with Gasteiger partial charge in [0.2, 0.25) is 17.7 Å². The van der Waals surface area contributed by atoms with Crippen LogP contribution >= 0.6 is 11.6 Å². The number of hydrogen-bond donors (Lipinski definition) is 1. The van der Waals surface area contributed by atoms with Crippen molar-refractivity contribution in [1.82, 2.24) is 0 Å². The molecule has 2 aliphatic heterocycles. The summed E-state index contributed by atoms with van der Waals surface area (Å²) >= 11 is 6.27. The monoisotopic (exact) mass is 472 g/mol. The van der Waals surface area contributed by atoms with Gasteiger partial charge in [-0.25, -0.2) is 4.90 Å². The van der Waals surface area contributed by atoms with Crippen LogP contribution in [0.3, 0.4) is 0 Å². The number of amides is 3. The average molecular weight is 473 g/mol. The minimum atomic E-state index is -1.30. The van der Waals surface area contributed by atoms with E-state index in [4.69, 9.17) is 11.6 Å². The molecule has 2 atom stereocenters. The van der Waals surface area contributed by atoms with E-state index in [1.807, 2.05) is 75.4 Å². The van der Waals surface area contributed by atoms with Gasteiger partial charge in [-0.2, -0.15) is 0 Å². The van der Waals surface area contributed by atoms with Gasteiger partial charge in [-0.3, -0.25) is 14.4 Å². The predicted molar refractivity (Wildman–Crippen MR) is 133 cm³/mol. The molecule has 5 rings (SSSR count). The maximum Gasteiger partial charge on any atom is 0.240 e. The lowest BCUT2D eigenvalue weighted by Gasteiger charge is -2.33. The maximum atomic E-state index is 14.1. The maximum absolute atomic E-state index is 14.1. The summed E-state index contributed by atoms with van der Waals surface area (Å²) in [5, 5.41) is 3.49. The Hall–Kier alpha value is -3.44. The molecule has 0 aromatic heterocycles. The van der Waals surface area contributed by atoms with E-state index in [1.165, 1.54) is 4.90 Å². The molecule has 172 valence electrons. The van der Waals surface area contributed by atoms with Crippen molar-refractivity contribution >= 4 is 40.7 Å². The van der Waals surface area contributed by atoms with E-state index in [9.17, 15) is 14.4 Å². The van der Waals surface area contributed by atoms with Crippen molar-refractivity contribution in [3.05, 3.63) is 94.5 Å². The topological polar surface area (TPSA) is 66.5 Å². The van der Waals surface area contributed by atoms with Gasteiger partial charge in [-0.1, -0.05) is 80.9 Å². The number of fused-ring (bicyclic) bond motifs is 1. The highest BCUT2D eigenvalue weighted by Crippen LogP contribution is 2.52. The molecule has 6 heteroatoms. The number of carbonyl (C=O) groups is 3. The molecular formula is C28H25ClN2O3. The first-order valence-electron chi connectivity index (χ1n) is 11.3. The summed E-state index contributed by atoms with van der Waals surface area (Å²) in [6.07, 6.45) is -0.0678. The fourth-order valence-corrected chi connectivity index (χ4v) is 5.51. The Morgan fingerprint density at radius 2 is 1.62 bits per heavy atom. The second-order valence-corrected chi connectivity index (χ2v) is 10.3. The largest absolute Gasteiger partial charge is 0.325 e. The zero-order chi connectivity index (χ0) is 24.3. The molecule has 0 aliphatic carbocycles. The number of benzene rings is 3. The fraction of sp³-hybridized carbons (Fsp3) is 0.250. The van der Waals surface area contributed by atoms with Gasteiger partial charge in [0.15, 0.2) is 0 Å². The van der Waals surface area contributed by atoms with E-state index in [0.29, 0.717) is 27.5 Å². The van der Waals surface area contributed by atoms with Gasteiger partial charge in [0, 0.05) is 17.1 Å². The second kappa shape index (κ2) is 7.81. The summed E-state index contributed by atoms with van der Waals surface area (Å²) in [6.45, 7) is 6.03. The van der Waals surface area contributed by atoms with E-state index < -0.39 is 11.3 Å². The van der Waals surface area contributed by atoms with Crippen LogP contribution in [0.4, 0.5) is 11.4 Å². The quantitative estimate of drug-likeness (QED) is 0.515. The number of rotatable bonds is 3. The normalized spacial score (nSPS) is 22.2. The number of anilines is 2. The number of imide groups is 1. The first-order valence-corrected chi connectivity index (χ1v) is 11.7. The van der Waals surface area contributed by atoms with E-state index in [2.05, 4.69) is 5.32 Å². The standard InChI is InChI=1S/C28H25ClN2O3/c1-27(2,3)20-15-18(29)13-14-23(20)31-24(32)16-21(25(31)33)28(17-9-5-4-6-10-17)19-11-7-8-12-22(19)30-26(28)34/h4-15,21H,16H2,1-3H3,(H,30,34)/t21-,28-/m0/s1. The third-order valence-corrected chi connectivity index (χ3v) is 7.10. The SMILES string of the molecule is CC(C)(C)c1cc(Cl)ccc1N1C(=O)C[C@H]([C@@]2(c3ccccc3)C(=O)Nc3ccccc32)C1=O. The van der Waals surface area contributed by atoms with Crippen LogP contribution in [0.5, 0.6) is 0 Å². The number of para-hydroxylation sites is 1. The van der Waals surface area contributed by atoms with Crippen molar-refractivity contribution in [3.8, 4) is 0 Å². The molecule has 3 amide bonds. The van der Waals surface area contributed by atoms with Gasteiger partial charge in [-0.05, 0) is 46.4 Å². The van der Waals surface area contributed by atoms with Gasteiger partial charge in [-0.15, -0.1) is 0 Å². The van der Waals surface area contributed by atoms with Crippen LogP contribution in [0.1, 0.15) is 43.9 Å². The molecule has 0 saturated carbocycles. The molecule has 3 aromatic rings. The summed E-state index contributed by atoms with van der Waals surface area (Å²) in [6, 6.07) is 21.9. The number of nitrogens with one attached hydrogen (secondary N) is 1. The summed E-state index contributed by atoms with van der Waals surface area (Å²) in [5.41, 5.74) is 1.73. The molecule has 1 saturated heterocycles. The van der Waals surface area contributed by atoms with E-state index in [1.54, 1.807) is 18.2 Å². The van der Waals surface area contributed by atoms with Gasteiger partial charge >= 0.3 is 0 Å². The lowest BCUT2D eigenvalue weighted by Crippen LogP contribution is -2.46. The molecule has 2 aliphatic rings. The van der Waals surface area contributed by atoms with E-state index >= 15 is 0 Å². The molecule has 1 N–H and O–H groups in total. The Bertz CT molecular complexity index is 1330. The van der Waals surface area contributed by atoms with Gasteiger partial charge in [0.05, 0.1) is 11.6 Å². The van der Waals surface area contributed by atoms with Crippen LogP contribution in [-0.4, -0.2) is 17.7 Å². The molecule has 34 heavy (non-hydrogen) atoms. The summed E-state index contributed by atoms with van der Waals surface area (Å²) < 4.78 is 0. The van der Waals surface area contributed by atoms with Crippen LogP contribution in [0, 0.1) is 5.92 Å². The lowest BCUT2D eigenvalue weighted by atomic mass is 9.65. The van der Waals surface area contributed by atoms with Gasteiger partial charge < -0.3 is 5.32 Å². The third-order valence-electron chi connectivity index (χ3n) is 6.86. The van der Waals surface area contributed by atoms with Crippen LogP contribution in [-0.2, 0) is 25.2 Å². The van der Waals surface area contributed by atoms with Crippen molar-refractivity contribution in [2.75, 3.05) is 10.2 Å². The summed E-state index contributed by atoms with van der Waals surface area (Å²) in [4.78, 5) is 42.5. The van der Waals surface area contributed by atoms with Crippen LogP contribution in [0.15, 0.2) is 72.8 Å². The summed E-state index contributed by atoms with van der Waals surface area (Å²) in [7, 11) is 0. The van der Waals surface area contributed by atoms with Gasteiger partial charge in [0.25, 0.3) is 0 Å². The minimum Gasteiger partial charge on any atom is -0.325 e. The number of nitrogens with zero attached hydrogens (tertiary/aromatic N) is 1. The Balaban J connectivity index is 1.70. The molecule has 3 aromatic carbocycles. The molecule has 1 fully saturated rings. The van der Waals surface area contributed by atoms with Gasteiger partial charge in [0.1, 0.15) is 5.41 Å². The number of halogens is 1. The average Bonchev–Trinajstić information content (AvgIpc) is 3.26. The number of hydrogen-bond acceptors (Lipinski definition) is 3. The van der Waals surface area contributed by atoms with E-state index in [-0.39, 0.29) is 29.6 Å². The van der Waals surface area contributed by atoms with E-state index in [0.717, 1.165) is 5.56 Å². The molecule has 2 heterocycles. The third kappa shape index (κ3) is 3.18. The highest BCUT2D eigenvalue weighted by atomic mass is 35.5. The predicted octanol–water partition coefficient (Wildman–Crippen LogP) is 5.46. The van der Waals surface area contributed by atoms with Crippen LogP contribution < -0.4 is 10.2 Å². The highest BCUT2D eigenvalue weighted by Gasteiger charge is 2.60. The Labute approximate surface area is 203 Å². The first-order chi connectivity index (χ1) is 16.2. The smallest absolute Gasteiger partial charge is 0.240 e. The van der Waals surface area contributed by atoms with Crippen molar-refractivity contribution in [1.29, 1.82) is 0 Å². The fourth-order valence-electron chi connectivity index (χ4n) is 5.34. The Morgan fingerprint density at radius 3 is 2.32 bits per heavy atom. The number of carbonyl (C=O) groups excluding carboxylic acids is 3. The van der Waals surface area contributed by atoms with Crippen molar-refractivity contribution in [3.63, 3.8) is 0 Å². The molecule has 0 unspecified atom stereocenters. The van der Waals surface area contributed by atoms with Crippen LogP contribution in [0.25, 0.3) is 0 Å². The van der Waals surface area contributed by atoms with Crippen molar-refractivity contribution in [2.45, 2.75) is 38.0 Å². The van der Waals surface area contributed by atoms with Crippen molar-refractivity contribution in [2.24, 2.45) is 5.92 Å².